The molecule has 8 nitrogen and oxygen atoms in total. The number of amides is 1. The van der Waals surface area contributed by atoms with Crippen LogP contribution in [0.1, 0.15) is 34.6 Å². The molecular weight excluding hydrogens is 366 g/mol. The van der Waals surface area contributed by atoms with E-state index in [1.54, 1.807) is 13.0 Å². The fourth-order valence-electron chi connectivity index (χ4n) is 2.47. The van der Waals surface area contributed by atoms with Gasteiger partial charge < -0.3 is 10.1 Å². The molecule has 0 aliphatic carbocycles. The highest BCUT2D eigenvalue weighted by molar-refractivity contribution is 7.16. The van der Waals surface area contributed by atoms with Crippen LogP contribution >= 0.6 is 11.3 Å². The van der Waals surface area contributed by atoms with Crippen LogP contribution in [0.2, 0.25) is 0 Å². The van der Waals surface area contributed by atoms with Gasteiger partial charge in [0.25, 0.3) is 0 Å². The third kappa shape index (κ3) is 4.56. The Morgan fingerprint density at radius 3 is 2.63 bits per heavy atom. The second-order valence-electron chi connectivity index (χ2n) is 5.68. The Morgan fingerprint density at radius 2 is 2.00 bits per heavy atom. The first-order chi connectivity index (χ1) is 13.1. The zero-order chi connectivity index (χ0) is 19.2. The summed E-state index contributed by atoms with van der Waals surface area (Å²) in [7, 11) is 0. The highest BCUT2D eigenvalue weighted by atomic mass is 32.1. The number of esters is 1. The van der Waals surface area contributed by atoms with Crippen LogP contribution in [0.25, 0.3) is 5.69 Å². The SMILES string of the molecule is CCOC(=O)c1cc(CC)sc1NC(=O)Cc1ccc(-n2cnnn2)cc1. The monoisotopic (exact) mass is 385 g/mol. The zero-order valence-electron chi connectivity index (χ0n) is 15.0. The molecule has 0 aliphatic rings. The quantitative estimate of drug-likeness (QED) is 0.628. The van der Waals surface area contributed by atoms with Gasteiger partial charge in [0.15, 0.2) is 0 Å². The number of thiophene rings is 1. The van der Waals surface area contributed by atoms with Crippen molar-refractivity contribution in [1.82, 2.24) is 20.2 Å². The average Bonchev–Trinajstić information content (AvgIpc) is 3.32. The molecule has 0 fully saturated rings. The molecule has 1 N–H and O–H groups in total. The number of rotatable bonds is 7. The minimum Gasteiger partial charge on any atom is -0.462 e. The van der Waals surface area contributed by atoms with E-state index in [1.807, 2.05) is 31.2 Å². The van der Waals surface area contributed by atoms with E-state index in [4.69, 9.17) is 4.74 Å². The molecule has 0 atom stereocenters. The van der Waals surface area contributed by atoms with E-state index in [1.165, 1.54) is 22.3 Å². The summed E-state index contributed by atoms with van der Waals surface area (Å²) in [6.07, 6.45) is 2.48. The topological polar surface area (TPSA) is 99.0 Å². The lowest BCUT2D eigenvalue weighted by atomic mass is 10.1. The molecule has 0 radical (unpaired) electrons. The predicted molar refractivity (Wildman–Crippen MR) is 101 cm³/mol. The normalized spacial score (nSPS) is 10.6. The minimum absolute atomic E-state index is 0.192. The Labute approximate surface area is 160 Å². The Morgan fingerprint density at radius 1 is 1.22 bits per heavy atom. The lowest BCUT2D eigenvalue weighted by Crippen LogP contribution is -2.16. The summed E-state index contributed by atoms with van der Waals surface area (Å²) >= 11 is 1.40. The van der Waals surface area contributed by atoms with Crippen molar-refractivity contribution in [3.8, 4) is 5.69 Å². The second kappa shape index (κ2) is 8.54. The molecule has 0 saturated heterocycles. The molecule has 2 aromatic heterocycles. The number of anilines is 1. The van der Waals surface area contributed by atoms with E-state index in [0.717, 1.165) is 22.5 Å². The Hall–Kier alpha value is -3.07. The summed E-state index contributed by atoms with van der Waals surface area (Å²) in [5.41, 5.74) is 2.05. The fraction of sp³-hybridized carbons (Fsp3) is 0.278. The van der Waals surface area contributed by atoms with Gasteiger partial charge in [-0.2, -0.15) is 0 Å². The van der Waals surface area contributed by atoms with Crippen LogP contribution in [0, 0.1) is 0 Å². The third-order valence-corrected chi connectivity index (χ3v) is 4.99. The van der Waals surface area contributed by atoms with Crippen LogP contribution in [0.4, 0.5) is 5.00 Å². The smallest absolute Gasteiger partial charge is 0.341 e. The number of hydrogen-bond acceptors (Lipinski definition) is 7. The maximum absolute atomic E-state index is 12.4. The lowest BCUT2D eigenvalue weighted by Gasteiger charge is -2.07. The Balaban J connectivity index is 1.69. The van der Waals surface area contributed by atoms with E-state index in [-0.39, 0.29) is 18.9 Å². The van der Waals surface area contributed by atoms with Gasteiger partial charge in [0.1, 0.15) is 11.3 Å². The van der Waals surface area contributed by atoms with E-state index in [9.17, 15) is 9.59 Å². The molecule has 1 aromatic carbocycles. The maximum atomic E-state index is 12.4. The van der Waals surface area contributed by atoms with Crippen molar-refractivity contribution in [2.75, 3.05) is 11.9 Å². The molecule has 1 amide bonds. The first-order valence-electron chi connectivity index (χ1n) is 8.52. The number of carbonyl (C=O) groups excluding carboxylic acids is 2. The second-order valence-corrected chi connectivity index (χ2v) is 6.81. The highest BCUT2D eigenvalue weighted by Gasteiger charge is 2.18. The largest absolute Gasteiger partial charge is 0.462 e. The summed E-state index contributed by atoms with van der Waals surface area (Å²) in [6.45, 7) is 4.04. The van der Waals surface area contributed by atoms with Gasteiger partial charge >= 0.3 is 5.97 Å². The molecule has 3 rings (SSSR count). The summed E-state index contributed by atoms with van der Waals surface area (Å²) in [5, 5.41) is 14.4. The first kappa shape index (κ1) is 18.7. The zero-order valence-corrected chi connectivity index (χ0v) is 15.8. The number of nitrogens with one attached hydrogen (secondary N) is 1. The van der Waals surface area contributed by atoms with E-state index < -0.39 is 5.97 Å². The van der Waals surface area contributed by atoms with Gasteiger partial charge in [-0.3, -0.25) is 4.79 Å². The standard InChI is InChI=1S/C18H19N5O3S/c1-3-14-10-15(18(25)26-4-2)17(27-14)20-16(24)9-12-5-7-13(8-6-12)23-11-19-21-22-23/h5-8,10-11H,3-4,9H2,1-2H3,(H,20,24). The summed E-state index contributed by atoms with van der Waals surface area (Å²) in [5.74, 6) is -0.616. The van der Waals surface area contributed by atoms with Crippen LogP contribution < -0.4 is 5.32 Å². The molecule has 0 aliphatic heterocycles. The number of carbonyl (C=O) groups is 2. The van der Waals surface area contributed by atoms with Gasteiger partial charge in [-0.05, 0) is 47.5 Å². The van der Waals surface area contributed by atoms with Crippen LogP contribution in [-0.4, -0.2) is 38.7 Å². The number of benzene rings is 1. The molecule has 0 saturated carbocycles. The predicted octanol–water partition coefficient (Wildman–Crippen LogP) is 2.64. The van der Waals surface area contributed by atoms with Crippen molar-refractivity contribution in [2.45, 2.75) is 26.7 Å². The van der Waals surface area contributed by atoms with Crippen molar-refractivity contribution in [2.24, 2.45) is 0 Å². The average molecular weight is 385 g/mol. The third-order valence-electron chi connectivity index (χ3n) is 3.79. The van der Waals surface area contributed by atoms with E-state index in [2.05, 4.69) is 20.8 Å². The number of tetrazole rings is 1. The summed E-state index contributed by atoms with van der Waals surface area (Å²) < 4.78 is 6.61. The maximum Gasteiger partial charge on any atom is 0.341 e. The number of hydrogen-bond donors (Lipinski definition) is 1. The molecule has 3 aromatic rings. The highest BCUT2D eigenvalue weighted by Crippen LogP contribution is 2.29. The Kier molecular flexibility index (Phi) is 5.92. The van der Waals surface area contributed by atoms with Crippen molar-refractivity contribution in [1.29, 1.82) is 0 Å². The van der Waals surface area contributed by atoms with Gasteiger partial charge in [0.2, 0.25) is 5.91 Å². The van der Waals surface area contributed by atoms with Crippen molar-refractivity contribution < 1.29 is 14.3 Å². The van der Waals surface area contributed by atoms with Gasteiger partial charge in [-0.25, -0.2) is 9.48 Å². The minimum atomic E-state index is -0.422. The van der Waals surface area contributed by atoms with Gasteiger partial charge in [-0.15, -0.1) is 16.4 Å². The number of nitrogens with zero attached hydrogens (tertiary/aromatic N) is 4. The molecule has 140 valence electrons. The van der Waals surface area contributed by atoms with Crippen molar-refractivity contribution in [3.05, 3.63) is 52.7 Å². The summed E-state index contributed by atoms with van der Waals surface area (Å²) in [6, 6.07) is 9.13. The van der Waals surface area contributed by atoms with Crippen LogP contribution in [-0.2, 0) is 22.4 Å². The Bertz CT molecular complexity index is 919. The van der Waals surface area contributed by atoms with Gasteiger partial charge in [0, 0.05) is 4.88 Å². The lowest BCUT2D eigenvalue weighted by molar-refractivity contribution is -0.115. The van der Waals surface area contributed by atoms with Crippen LogP contribution in [0.15, 0.2) is 36.7 Å². The van der Waals surface area contributed by atoms with Gasteiger partial charge in [-0.1, -0.05) is 19.1 Å². The number of aromatic nitrogens is 4. The molecule has 9 heteroatoms. The van der Waals surface area contributed by atoms with E-state index >= 15 is 0 Å². The number of ether oxygens (including phenoxy) is 1. The molecule has 27 heavy (non-hydrogen) atoms. The van der Waals surface area contributed by atoms with Crippen LogP contribution in [0.3, 0.4) is 0 Å². The molecule has 0 spiro atoms. The summed E-state index contributed by atoms with van der Waals surface area (Å²) in [4.78, 5) is 25.5. The van der Waals surface area contributed by atoms with Gasteiger partial charge in [0.05, 0.1) is 24.3 Å². The molecule has 0 bridgehead atoms. The molecule has 2 heterocycles. The molecular formula is C18H19N5O3S. The van der Waals surface area contributed by atoms with Crippen molar-refractivity contribution >= 4 is 28.2 Å². The fourth-order valence-corrected chi connectivity index (χ4v) is 3.47. The molecule has 0 unspecified atom stereocenters. The van der Waals surface area contributed by atoms with Crippen LogP contribution in [0.5, 0.6) is 0 Å². The van der Waals surface area contributed by atoms with E-state index in [0.29, 0.717) is 10.6 Å². The van der Waals surface area contributed by atoms with Crippen molar-refractivity contribution in [3.63, 3.8) is 0 Å². The number of aryl methyl sites for hydroxylation is 1. The first-order valence-corrected chi connectivity index (χ1v) is 9.34.